The number of carbonyl (C=O) groups is 1. The van der Waals surface area contributed by atoms with Gasteiger partial charge in [0.15, 0.2) is 5.82 Å². The Kier molecular flexibility index (Phi) is 3.57. The van der Waals surface area contributed by atoms with E-state index in [2.05, 4.69) is 31.2 Å². The highest BCUT2D eigenvalue weighted by molar-refractivity contribution is 9.10. The molecule has 2 aromatic rings. The second-order valence-electron chi connectivity index (χ2n) is 3.69. The predicted octanol–water partition coefficient (Wildman–Crippen LogP) is 2.45. The van der Waals surface area contributed by atoms with E-state index in [0.29, 0.717) is 16.1 Å². The van der Waals surface area contributed by atoms with Gasteiger partial charge in [0, 0.05) is 18.2 Å². The molecule has 0 bridgehead atoms. The van der Waals surface area contributed by atoms with Crippen LogP contribution in [0.3, 0.4) is 0 Å². The molecule has 1 aromatic heterocycles. The van der Waals surface area contributed by atoms with Gasteiger partial charge < -0.3 is 11.1 Å². The largest absolute Gasteiger partial charge is 0.381 e. The van der Waals surface area contributed by atoms with Gasteiger partial charge in [-0.3, -0.25) is 4.79 Å². The maximum absolute atomic E-state index is 11.0. The lowest BCUT2D eigenvalue weighted by atomic mass is 10.1. The normalized spacial score (nSPS) is 10.1. The highest BCUT2D eigenvalue weighted by atomic mass is 79.9. The van der Waals surface area contributed by atoms with Crippen molar-refractivity contribution in [2.45, 2.75) is 6.92 Å². The number of nitrogens with zero attached hydrogens (tertiary/aromatic N) is 2. The average molecular weight is 307 g/mol. The fourth-order valence-corrected chi connectivity index (χ4v) is 1.77. The number of amides is 1. The van der Waals surface area contributed by atoms with Gasteiger partial charge in [0.25, 0.3) is 0 Å². The van der Waals surface area contributed by atoms with Gasteiger partial charge in [0.1, 0.15) is 4.60 Å². The molecule has 0 saturated heterocycles. The van der Waals surface area contributed by atoms with E-state index < -0.39 is 0 Å². The molecule has 1 aromatic carbocycles. The van der Waals surface area contributed by atoms with Gasteiger partial charge in [-0.2, -0.15) is 0 Å². The lowest BCUT2D eigenvalue weighted by molar-refractivity contribution is -0.114. The second-order valence-corrected chi connectivity index (χ2v) is 4.44. The van der Waals surface area contributed by atoms with Gasteiger partial charge in [0.05, 0.1) is 11.9 Å². The summed E-state index contributed by atoms with van der Waals surface area (Å²) < 4.78 is 0.505. The lowest BCUT2D eigenvalue weighted by Crippen LogP contribution is -2.05. The maximum Gasteiger partial charge on any atom is 0.221 e. The Balaban J connectivity index is 2.38. The average Bonchev–Trinajstić information content (AvgIpc) is 2.32. The van der Waals surface area contributed by atoms with Gasteiger partial charge in [0.2, 0.25) is 5.91 Å². The van der Waals surface area contributed by atoms with E-state index in [0.717, 1.165) is 11.3 Å². The third kappa shape index (κ3) is 2.84. The molecular formula is C12H11BrN4O. The first-order valence-electron chi connectivity index (χ1n) is 5.22. The summed E-state index contributed by atoms with van der Waals surface area (Å²) in [7, 11) is 0. The van der Waals surface area contributed by atoms with Crippen molar-refractivity contribution in [2.24, 2.45) is 0 Å². The Labute approximate surface area is 113 Å². The molecule has 0 aliphatic carbocycles. The van der Waals surface area contributed by atoms with Crippen molar-refractivity contribution in [2.75, 3.05) is 11.1 Å². The van der Waals surface area contributed by atoms with Crippen molar-refractivity contribution in [1.82, 2.24) is 9.97 Å². The summed E-state index contributed by atoms with van der Waals surface area (Å²) >= 11 is 3.23. The Morgan fingerprint density at radius 1 is 1.44 bits per heavy atom. The van der Waals surface area contributed by atoms with E-state index in [1.54, 1.807) is 6.20 Å². The molecule has 6 heteroatoms. The third-order valence-corrected chi connectivity index (χ3v) is 2.82. The number of nitrogens with two attached hydrogens (primary N) is 1. The van der Waals surface area contributed by atoms with Crippen LogP contribution in [0.25, 0.3) is 11.3 Å². The van der Waals surface area contributed by atoms with Gasteiger partial charge in [-0.1, -0.05) is 12.1 Å². The van der Waals surface area contributed by atoms with Crippen LogP contribution in [0, 0.1) is 0 Å². The van der Waals surface area contributed by atoms with Gasteiger partial charge in [-0.15, -0.1) is 0 Å². The monoisotopic (exact) mass is 306 g/mol. The van der Waals surface area contributed by atoms with Crippen LogP contribution < -0.4 is 11.1 Å². The Hall–Kier alpha value is -1.95. The van der Waals surface area contributed by atoms with Crippen LogP contribution in [0.4, 0.5) is 11.5 Å². The molecule has 5 nitrogen and oxygen atoms in total. The molecule has 3 N–H and O–H groups in total. The summed E-state index contributed by atoms with van der Waals surface area (Å²) in [5, 5.41) is 2.72. The zero-order valence-electron chi connectivity index (χ0n) is 9.64. The van der Waals surface area contributed by atoms with Crippen molar-refractivity contribution in [1.29, 1.82) is 0 Å². The first-order valence-corrected chi connectivity index (χ1v) is 6.01. The zero-order chi connectivity index (χ0) is 13.1. The van der Waals surface area contributed by atoms with E-state index in [1.165, 1.54) is 6.92 Å². The lowest BCUT2D eigenvalue weighted by Gasteiger charge is -2.06. The van der Waals surface area contributed by atoms with Crippen molar-refractivity contribution in [3.8, 4) is 11.3 Å². The minimum Gasteiger partial charge on any atom is -0.381 e. The molecule has 18 heavy (non-hydrogen) atoms. The van der Waals surface area contributed by atoms with E-state index in [1.807, 2.05) is 24.3 Å². The van der Waals surface area contributed by atoms with Crippen molar-refractivity contribution in [3.05, 3.63) is 35.1 Å². The number of nitrogens with one attached hydrogen (secondary N) is 1. The smallest absolute Gasteiger partial charge is 0.221 e. The predicted molar refractivity (Wildman–Crippen MR) is 73.9 cm³/mol. The molecule has 0 aliphatic rings. The summed E-state index contributed by atoms with van der Waals surface area (Å²) in [6.45, 7) is 1.46. The van der Waals surface area contributed by atoms with Crippen LogP contribution in [-0.4, -0.2) is 15.9 Å². The summed E-state index contributed by atoms with van der Waals surface area (Å²) in [5.41, 5.74) is 7.84. The summed E-state index contributed by atoms with van der Waals surface area (Å²) in [4.78, 5) is 19.3. The Bertz CT molecular complexity index is 600. The SMILES string of the molecule is CC(=O)Nc1cccc(-c2cnc(N)c(Br)n2)c1. The summed E-state index contributed by atoms with van der Waals surface area (Å²) in [5.74, 6) is 0.230. The topological polar surface area (TPSA) is 80.9 Å². The van der Waals surface area contributed by atoms with Crippen LogP contribution in [0.15, 0.2) is 35.1 Å². The Morgan fingerprint density at radius 2 is 2.22 bits per heavy atom. The molecule has 0 saturated carbocycles. The molecule has 0 aliphatic heterocycles. The van der Waals surface area contributed by atoms with E-state index in [9.17, 15) is 4.79 Å². The number of benzene rings is 1. The Morgan fingerprint density at radius 3 is 2.89 bits per heavy atom. The maximum atomic E-state index is 11.0. The number of carbonyl (C=O) groups excluding carboxylic acids is 1. The van der Waals surface area contributed by atoms with Crippen molar-refractivity contribution < 1.29 is 4.79 Å². The molecule has 0 unspecified atom stereocenters. The number of hydrogen-bond acceptors (Lipinski definition) is 4. The van der Waals surface area contributed by atoms with Gasteiger partial charge >= 0.3 is 0 Å². The molecule has 1 amide bonds. The molecule has 1 heterocycles. The fraction of sp³-hybridized carbons (Fsp3) is 0.0833. The zero-order valence-corrected chi connectivity index (χ0v) is 11.2. The quantitative estimate of drug-likeness (QED) is 0.893. The molecule has 0 radical (unpaired) electrons. The van der Waals surface area contributed by atoms with Gasteiger partial charge in [-0.25, -0.2) is 9.97 Å². The van der Waals surface area contributed by atoms with Crippen molar-refractivity contribution >= 4 is 33.3 Å². The van der Waals surface area contributed by atoms with Crippen LogP contribution in [0.1, 0.15) is 6.92 Å². The van der Waals surface area contributed by atoms with E-state index in [4.69, 9.17) is 5.73 Å². The minimum absolute atomic E-state index is 0.114. The fourth-order valence-electron chi connectivity index (χ4n) is 1.47. The molecule has 0 spiro atoms. The number of anilines is 2. The summed E-state index contributed by atoms with van der Waals surface area (Å²) in [6.07, 6.45) is 1.59. The minimum atomic E-state index is -0.114. The number of halogens is 1. The third-order valence-electron chi connectivity index (χ3n) is 2.23. The molecule has 2 rings (SSSR count). The number of nitrogen functional groups attached to an aromatic ring is 1. The van der Waals surface area contributed by atoms with Crippen LogP contribution in [-0.2, 0) is 4.79 Å². The second kappa shape index (κ2) is 5.14. The first kappa shape index (κ1) is 12.5. The number of rotatable bonds is 2. The number of hydrogen-bond donors (Lipinski definition) is 2. The highest BCUT2D eigenvalue weighted by Crippen LogP contribution is 2.23. The van der Waals surface area contributed by atoms with Crippen LogP contribution in [0.5, 0.6) is 0 Å². The van der Waals surface area contributed by atoms with Crippen molar-refractivity contribution in [3.63, 3.8) is 0 Å². The molecule has 92 valence electrons. The van der Waals surface area contributed by atoms with E-state index >= 15 is 0 Å². The molecular weight excluding hydrogens is 296 g/mol. The molecule has 0 atom stereocenters. The van der Waals surface area contributed by atoms with Crippen LogP contribution in [0.2, 0.25) is 0 Å². The standard InChI is InChI=1S/C12H11BrN4O/c1-7(18)16-9-4-2-3-8(5-9)10-6-15-12(14)11(13)17-10/h2-6H,1H3,(H2,14,15)(H,16,18). The molecule has 0 fully saturated rings. The van der Waals surface area contributed by atoms with E-state index in [-0.39, 0.29) is 5.91 Å². The number of aromatic nitrogens is 2. The first-order chi connectivity index (χ1) is 8.56. The van der Waals surface area contributed by atoms with Gasteiger partial charge in [-0.05, 0) is 28.1 Å². The highest BCUT2D eigenvalue weighted by Gasteiger charge is 2.05. The van der Waals surface area contributed by atoms with Crippen LogP contribution >= 0.6 is 15.9 Å². The summed E-state index contributed by atoms with van der Waals surface area (Å²) in [6, 6.07) is 7.36.